The minimum absolute atomic E-state index is 0.152. The molecule has 0 spiro atoms. The minimum atomic E-state index is 0.152. The average molecular weight is 316 g/mol. The molecule has 3 nitrogen and oxygen atoms in total. The third-order valence-corrected chi connectivity index (χ3v) is 4.45. The largest absolute Gasteiger partial charge is 0.356 e. The van der Waals surface area contributed by atoms with Crippen LogP contribution in [0.3, 0.4) is 0 Å². The normalized spacial score (nSPS) is 10.8. The lowest BCUT2D eigenvalue weighted by Crippen LogP contribution is -2.28. The number of nitrogens with zero attached hydrogens (tertiary/aromatic N) is 1. The van der Waals surface area contributed by atoms with Gasteiger partial charge in [-0.05, 0) is 43.4 Å². The zero-order valence-corrected chi connectivity index (χ0v) is 13.9. The molecule has 0 bridgehead atoms. The number of amides is 1. The highest BCUT2D eigenvalue weighted by Crippen LogP contribution is 2.10. The SMILES string of the molecule is CN(CCCNC(=O)CCc1cccs1)Cc1ccccc1. The van der Waals surface area contributed by atoms with E-state index in [0.717, 1.165) is 32.5 Å². The van der Waals surface area contributed by atoms with Gasteiger partial charge in [-0.15, -0.1) is 11.3 Å². The molecule has 1 N–H and O–H groups in total. The molecular formula is C18H24N2OS. The molecule has 0 unspecified atom stereocenters. The number of hydrogen-bond acceptors (Lipinski definition) is 3. The summed E-state index contributed by atoms with van der Waals surface area (Å²) in [4.78, 5) is 15.3. The fourth-order valence-corrected chi connectivity index (χ4v) is 3.04. The molecule has 1 aromatic carbocycles. The van der Waals surface area contributed by atoms with Crippen LogP contribution in [0.5, 0.6) is 0 Å². The van der Waals surface area contributed by atoms with E-state index in [1.54, 1.807) is 11.3 Å². The second kappa shape index (κ2) is 9.38. The Bertz CT molecular complexity index is 539. The van der Waals surface area contributed by atoms with Crippen LogP contribution in [-0.2, 0) is 17.8 Å². The molecule has 2 rings (SSSR count). The first-order valence-corrected chi connectivity index (χ1v) is 8.63. The van der Waals surface area contributed by atoms with E-state index >= 15 is 0 Å². The summed E-state index contributed by atoms with van der Waals surface area (Å²) < 4.78 is 0. The van der Waals surface area contributed by atoms with Crippen LogP contribution < -0.4 is 5.32 Å². The van der Waals surface area contributed by atoms with Gasteiger partial charge in [0.15, 0.2) is 0 Å². The van der Waals surface area contributed by atoms with Gasteiger partial charge in [0.25, 0.3) is 0 Å². The summed E-state index contributed by atoms with van der Waals surface area (Å²) in [7, 11) is 2.12. The highest BCUT2D eigenvalue weighted by atomic mass is 32.1. The zero-order valence-electron chi connectivity index (χ0n) is 13.1. The van der Waals surface area contributed by atoms with Gasteiger partial charge in [-0.2, -0.15) is 0 Å². The molecule has 0 aliphatic heterocycles. The Hall–Kier alpha value is -1.65. The molecule has 0 aliphatic rings. The first-order valence-electron chi connectivity index (χ1n) is 7.75. The molecular weight excluding hydrogens is 292 g/mol. The quantitative estimate of drug-likeness (QED) is 0.720. The lowest BCUT2D eigenvalue weighted by Gasteiger charge is -2.16. The summed E-state index contributed by atoms with van der Waals surface area (Å²) in [5, 5.41) is 5.05. The number of thiophene rings is 1. The third kappa shape index (κ3) is 6.41. The maximum Gasteiger partial charge on any atom is 0.220 e. The number of nitrogens with one attached hydrogen (secondary N) is 1. The first kappa shape index (κ1) is 16.7. The van der Waals surface area contributed by atoms with Crippen molar-refractivity contribution >= 4 is 17.2 Å². The predicted octanol–water partition coefficient (Wildman–Crippen LogP) is 3.32. The molecule has 1 aromatic heterocycles. The fraction of sp³-hybridized carbons (Fsp3) is 0.389. The fourth-order valence-electron chi connectivity index (χ4n) is 2.33. The smallest absolute Gasteiger partial charge is 0.220 e. The van der Waals surface area contributed by atoms with E-state index in [1.165, 1.54) is 10.4 Å². The summed E-state index contributed by atoms with van der Waals surface area (Å²) in [6, 6.07) is 14.6. The molecule has 4 heteroatoms. The zero-order chi connectivity index (χ0) is 15.6. The van der Waals surface area contributed by atoms with Crippen molar-refractivity contribution in [3.8, 4) is 0 Å². The van der Waals surface area contributed by atoms with Crippen LogP contribution in [0.1, 0.15) is 23.3 Å². The Labute approximate surface area is 137 Å². The van der Waals surface area contributed by atoms with Crippen molar-refractivity contribution in [2.45, 2.75) is 25.8 Å². The molecule has 0 radical (unpaired) electrons. The van der Waals surface area contributed by atoms with Gasteiger partial charge in [0, 0.05) is 24.4 Å². The topological polar surface area (TPSA) is 32.3 Å². The van der Waals surface area contributed by atoms with Crippen LogP contribution in [0.2, 0.25) is 0 Å². The Morgan fingerprint density at radius 1 is 1.18 bits per heavy atom. The molecule has 1 heterocycles. The number of rotatable bonds is 9. The summed E-state index contributed by atoms with van der Waals surface area (Å²) in [5.41, 5.74) is 1.32. The summed E-state index contributed by atoms with van der Waals surface area (Å²) in [6.07, 6.45) is 2.41. The van der Waals surface area contributed by atoms with Crippen LogP contribution in [0.25, 0.3) is 0 Å². The summed E-state index contributed by atoms with van der Waals surface area (Å²) >= 11 is 1.71. The molecule has 1 amide bonds. The van der Waals surface area contributed by atoms with Crippen LogP contribution in [0, 0.1) is 0 Å². The van der Waals surface area contributed by atoms with Crippen molar-refractivity contribution in [2.75, 3.05) is 20.1 Å². The molecule has 0 aliphatic carbocycles. The molecule has 22 heavy (non-hydrogen) atoms. The first-order chi connectivity index (χ1) is 10.7. The molecule has 0 saturated heterocycles. The van der Waals surface area contributed by atoms with Crippen molar-refractivity contribution in [3.63, 3.8) is 0 Å². The number of benzene rings is 1. The van der Waals surface area contributed by atoms with E-state index in [-0.39, 0.29) is 5.91 Å². The number of carbonyl (C=O) groups excluding carboxylic acids is 1. The van der Waals surface area contributed by atoms with Crippen LogP contribution in [-0.4, -0.2) is 30.9 Å². The maximum atomic E-state index is 11.8. The standard InChI is InChI=1S/C18H24N2OS/c1-20(15-16-7-3-2-4-8-16)13-6-12-19-18(21)11-10-17-9-5-14-22-17/h2-5,7-9,14H,6,10-13,15H2,1H3,(H,19,21). The second-order valence-corrected chi connectivity index (χ2v) is 6.54. The van der Waals surface area contributed by atoms with Gasteiger partial charge in [-0.3, -0.25) is 4.79 Å². The highest BCUT2D eigenvalue weighted by molar-refractivity contribution is 7.09. The Morgan fingerprint density at radius 2 is 2.00 bits per heavy atom. The average Bonchev–Trinajstić information content (AvgIpc) is 3.04. The van der Waals surface area contributed by atoms with Crippen molar-refractivity contribution < 1.29 is 4.79 Å². The molecule has 2 aromatic rings. The number of aryl methyl sites for hydroxylation is 1. The molecule has 0 atom stereocenters. The lowest BCUT2D eigenvalue weighted by atomic mass is 10.2. The van der Waals surface area contributed by atoms with Crippen molar-refractivity contribution in [3.05, 3.63) is 58.3 Å². The van der Waals surface area contributed by atoms with Crippen LogP contribution >= 0.6 is 11.3 Å². The predicted molar refractivity (Wildman–Crippen MR) is 93.0 cm³/mol. The van der Waals surface area contributed by atoms with Gasteiger partial charge in [0.05, 0.1) is 0 Å². The Morgan fingerprint density at radius 3 is 2.73 bits per heavy atom. The minimum Gasteiger partial charge on any atom is -0.356 e. The van der Waals surface area contributed by atoms with Gasteiger partial charge < -0.3 is 10.2 Å². The van der Waals surface area contributed by atoms with Gasteiger partial charge in [-0.25, -0.2) is 0 Å². The van der Waals surface area contributed by atoms with E-state index in [4.69, 9.17) is 0 Å². The molecule has 0 saturated carbocycles. The maximum absolute atomic E-state index is 11.8. The van der Waals surface area contributed by atoms with E-state index in [9.17, 15) is 4.79 Å². The van der Waals surface area contributed by atoms with E-state index in [1.807, 2.05) is 12.1 Å². The summed E-state index contributed by atoms with van der Waals surface area (Å²) in [6.45, 7) is 2.69. The van der Waals surface area contributed by atoms with Gasteiger partial charge >= 0.3 is 0 Å². The van der Waals surface area contributed by atoms with Crippen molar-refractivity contribution in [1.82, 2.24) is 10.2 Å². The van der Waals surface area contributed by atoms with E-state index < -0.39 is 0 Å². The Balaban J connectivity index is 1.53. The Kier molecular flexibility index (Phi) is 7.13. The lowest BCUT2D eigenvalue weighted by molar-refractivity contribution is -0.121. The monoisotopic (exact) mass is 316 g/mol. The van der Waals surface area contributed by atoms with Crippen LogP contribution in [0.15, 0.2) is 47.8 Å². The number of carbonyl (C=O) groups is 1. The van der Waals surface area contributed by atoms with E-state index in [0.29, 0.717) is 6.42 Å². The van der Waals surface area contributed by atoms with Gasteiger partial charge in [-0.1, -0.05) is 36.4 Å². The molecule has 0 fully saturated rings. The second-order valence-electron chi connectivity index (χ2n) is 5.51. The molecule has 118 valence electrons. The van der Waals surface area contributed by atoms with Crippen molar-refractivity contribution in [1.29, 1.82) is 0 Å². The van der Waals surface area contributed by atoms with Crippen molar-refractivity contribution in [2.24, 2.45) is 0 Å². The summed E-state index contributed by atoms with van der Waals surface area (Å²) in [5.74, 6) is 0.152. The van der Waals surface area contributed by atoms with Gasteiger partial charge in [0.2, 0.25) is 5.91 Å². The van der Waals surface area contributed by atoms with Gasteiger partial charge in [0.1, 0.15) is 0 Å². The van der Waals surface area contributed by atoms with E-state index in [2.05, 4.69) is 53.0 Å². The number of hydrogen-bond donors (Lipinski definition) is 1. The van der Waals surface area contributed by atoms with Crippen LogP contribution in [0.4, 0.5) is 0 Å². The third-order valence-electron chi connectivity index (χ3n) is 3.51. The highest BCUT2D eigenvalue weighted by Gasteiger charge is 2.03.